The van der Waals surface area contributed by atoms with Crippen molar-refractivity contribution in [2.45, 2.75) is 67.8 Å². The molecule has 254 valence electrons. The van der Waals surface area contributed by atoms with Gasteiger partial charge in [-0.25, -0.2) is 8.42 Å². The van der Waals surface area contributed by atoms with E-state index in [0.717, 1.165) is 50.5 Å². The third kappa shape index (κ3) is 7.93. The summed E-state index contributed by atoms with van der Waals surface area (Å²) in [4.78, 5) is 44.9. The summed E-state index contributed by atoms with van der Waals surface area (Å²) in [5.41, 5.74) is -0.141. The second-order valence-corrected chi connectivity index (χ2v) is 14.7. The van der Waals surface area contributed by atoms with Gasteiger partial charge in [0.2, 0.25) is 5.91 Å². The van der Waals surface area contributed by atoms with Crippen LogP contribution in [-0.4, -0.2) is 88.1 Å². The van der Waals surface area contributed by atoms with Crippen LogP contribution in [0.1, 0.15) is 61.9 Å². The molecule has 1 unspecified atom stereocenters. The number of ether oxygens (including phenoxy) is 1. The number of halogens is 1. The van der Waals surface area contributed by atoms with E-state index >= 15 is 0 Å². The number of ketones is 1. The summed E-state index contributed by atoms with van der Waals surface area (Å²) in [5.74, 6) is -0.262. The molecule has 0 spiro atoms. The normalized spacial score (nSPS) is 20.1. The fourth-order valence-electron chi connectivity index (χ4n) is 6.87. The standard InChI is InChI=1S/C34H42N4O7S.ClH/c1-46(42,43)31-10-4-3-9-27(31)38-18-13-26(28(39)23-38)35-33(41)34(14-5-2-6-15-34)36-32(40)30-22-24-21-25(11-12-29(24)45-30)44-20-19-37-16-7-8-17-37;/h3-4,9-12,21-22,26H,2,5-8,13-20,23H2,1H3,(H,35,41)(H,36,40);1H. The lowest BCUT2D eigenvalue weighted by Crippen LogP contribution is -2.63. The van der Waals surface area contributed by atoms with Crippen LogP contribution in [0.4, 0.5) is 5.69 Å². The van der Waals surface area contributed by atoms with E-state index in [1.54, 1.807) is 35.2 Å². The van der Waals surface area contributed by atoms with Crippen LogP contribution in [0.5, 0.6) is 5.75 Å². The van der Waals surface area contributed by atoms with Crippen LogP contribution in [0.15, 0.2) is 57.8 Å². The van der Waals surface area contributed by atoms with Gasteiger partial charge in [0, 0.05) is 24.7 Å². The Morgan fingerprint density at radius 2 is 1.74 bits per heavy atom. The molecular weight excluding hydrogens is 644 g/mol. The molecule has 1 aliphatic carbocycles. The van der Waals surface area contributed by atoms with Gasteiger partial charge in [-0.3, -0.25) is 19.3 Å². The van der Waals surface area contributed by atoms with Crippen LogP contribution < -0.4 is 20.3 Å². The monoisotopic (exact) mass is 686 g/mol. The van der Waals surface area contributed by atoms with E-state index < -0.39 is 27.3 Å². The van der Waals surface area contributed by atoms with E-state index in [1.165, 1.54) is 18.9 Å². The predicted molar refractivity (Wildman–Crippen MR) is 181 cm³/mol. The van der Waals surface area contributed by atoms with Gasteiger partial charge in [0.25, 0.3) is 5.91 Å². The minimum absolute atomic E-state index is 0. The van der Waals surface area contributed by atoms with Gasteiger partial charge in [-0.15, -0.1) is 12.4 Å². The van der Waals surface area contributed by atoms with Gasteiger partial charge < -0.3 is 24.7 Å². The van der Waals surface area contributed by atoms with Gasteiger partial charge in [-0.1, -0.05) is 31.4 Å². The van der Waals surface area contributed by atoms with Crippen molar-refractivity contribution in [1.82, 2.24) is 15.5 Å². The molecule has 2 N–H and O–H groups in total. The van der Waals surface area contributed by atoms with Gasteiger partial charge in [0.05, 0.1) is 23.2 Å². The highest BCUT2D eigenvalue weighted by Gasteiger charge is 2.43. The maximum Gasteiger partial charge on any atom is 0.287 e. The summed E-state index contributed by atoms with van der Waals surface area (Å²) < 4.78 is 36.5. The highest BCUT2D eigenvalue weighted by Crippen LogP contribution is 2.32. The number of hydrogen-bond donors (Lipinski definition) is 2. The first-order valence-electron chi connectivity index (χ1n) is 16.2. The SMILES string of the molecule is CS(=O)(=O)c1ccccc1N1CCC(NC(=O)C2(NC(=O)c3cc4cc(OCCN5CCCC5)ccc4o3)CCCCC2)C(=O)C1.Cl. The van der Waals surface area contributed by atoms with Crippen LogP contribution in [0.25, 0.3) is 11.0 Å². The highest BCUT2D eigenvalue weighted by atomic mass is 35.5. The van der Waals surface area contributed by atoms with Crippen molar-refractivity contribution in [3.8, 4) is 5.75 Å². The van der Waals surface area contributed by atoms with Crippen molar-refractivity contribution in [3.63, 3.8) is 0 Å². The molecule has 1 atom stereocenters. The number of para-hydroxylation sites is 1. The van der Waals surface area contributed by atoms with Gasteiger partial charge in [-0.05, 0) is 81.6 Å². The smallest absolute Gasteiger partial charge is 0.287 e. The second-order valence-electron chi connectivity index (χ2n) is 12.7. The number of carbonyl (C=O) groups excluding carboxylic acids is 3. The zero-order valence-corrected chi connectivity index (χ0v) is 28.3. The number of amides is 2. The Labute approximate surface area is 281 Å². The summed E-state index contributed by atoms with van der Waals surface area (Å²) in [6, 6.07) is 13.0. The second kappa shape index (κ2) is 14.7. The minimum atomic E-state index is -3.49. The number of carbonyl (C=O) groups is 3. The first-order valence-corrected chi connectivity index (χ1v) is 18.1. The van der Waals surface area contributed by atoms with Crippen LogP contribution in [0.2, 0.25) is 0 Å². The Hall–Kier alpha value is -3.61. The Morgan fingerprint density at radius 3 is 2.47 bits per heavy atom. The number of piperidine rings is 1. The van der Waals surface area contributed by atoms with Crippen molar-refractivity contribution in [2.75, 3.05) is 50.5 Å². The molecule has 3 fully saturated rings. The number of nitrogens with zero attached hydrogens (tertiary/aromatic N) is 2. The van der Waals surface area contributed by atoms with E-state index in [2.05, 4.69) is 15.5 Å². The molecule has 13 heteroatoms. The number of fused-ring (bicyclic) bond motifs is 1. The quantitative estimate of drug-likeness (QED) is 0.323. The number of rotatable bonds is 10. The molecule has 0 bridgehead atoms. The number of anilines is 1. The molecule has 0 radical (unpaired) electrons. The Morgan fingerprint density at radius 1 is 1.00 bits per heavy atom. The molecule has 2 aliphatic heterocycles. The third-order valence-corrected chi connectivity index (χ3v) is 10.6. The largest absolute Gasteiger partial charge is 0.492 e. The number of likely N-dealkylation sites (tertiary alicyclic amines) is 1. The van der Waals surface area contributed by atoms with Crippen molar-refractivity contribution < 1.29 is 32.0 Å². The summed E-state index contributed by atoms with van der Waals surface area (Å²) in [5, 5.41) is 6.65. The average molecular weight is 687 g/mol. The third-order valence-electron chi connectivity index (χ3n) is 9.41. The molecule has 1 aromatic heterocycles. The van der Waals surface area contributed by atoms with E-state index in [1.807, 2.05) is 12.1 Å². The summed E-state index contributed by atoms with van der Waals surface area (Å²) in [6.45, 7) is 4.05. The summed E-state index contributed by atoms with van der Waals surface area (Å²) in [7, 11) is -3.49. The average Bonchev–Trinajstić information content (AvgIpc) is 3.72. The van der Waals surface area contributed by atoms with Gasteiger partial charge in [0.15, 0.2) is 21.4 Å². The molecule has 1 saturated carbocycles. The lowest BCUT2D eigenvalue weighted by atomic mass is 9.80. The zero-order valence-electron chi connectivity index (χ0n) is 26.7. The lowest BCUT2D eigenvalue weighted by molar-refractivity contribution is -0.133. The zero-order chi connectivity index (χ0) is 32.3. The van der Waals surface area contributed by atoms with Gasteiger partial charge >= 0.3 is 0 Å². The first kappa shape index (κ1) is 34.7. The molecule has 11 nitrogen and oxygen atoms in total. The highest BCUT2D eigenvalue weighted by molar-refractivity contribution is 7.90. The fourth-order valence-corrected chi connectivity index (χ4v) is 7.78. The van der Waals surface area contributed by atoms with Crippen molar-refractivity contribution in [1.29, 1.82) is 0 Å². The van der Waals surface area contributed by atoms with Crippen LogP contribution in [0.3, 0.4) is 0 Å². The van der Waals surface area contributed by atoms with Crippen molar-refractivity contribution in [3.05, 3.63) is 54.3 Å². The van der Waals surface area contributed by atoms with Gasteiger partial charge in [-0.2, -0.15) is 0 Å². The molecular formula is C34H43ClN4O7S. The minimum Gasteiger partial charge on any atom is -0.492 e. The topological polar surface area (TPSA) is 138 Å². The maximum absolute atomic E-state index is 13.8. The Kier molecular flexibility index (Phi) is 10.8. The van der Waals surface area contributed by atoms with Crippen molar-refractivity contribution in [2.24, 2.45) is 0 Å². The van der Waals surface area contributed by atoms with Gasteiger partial charge in [0.1, 0.15) is 23.5 Å². The van der Waals surface area contributed by atoms with E-state index in [4.69, 9.17) is 9.15 Å². The van der Waals surface area contributed by atoms with Crippen LogP contribution in [0, 0.1) is 0 Å². The summed E-state index contributed by atoms with van der Waals surface area (Å²) >= 11 is 0. The molecule has 3 heterocycles. The fraction of sp³-hybridized carbons (Fsp3) is 0.500. The number of sulfone groups is 1. The molecule has 47 heavy (non-hydrogen) atoms. The van der Waals surface area contributed by atoms with Crippen LogP contribution >= 0.6 is 12.4 Å². The summed E-state index contributed by atoms with van der Waals surface area (Å²) in [6.07, 6.45) is 7.32. The number of Topliss-reactive ketones (excluding diaryl/α,β-unsaturated/α-hetero) is 1. The maximum atomic E-state index is 13.8. The van der Waals surface area contributed by atoms with E-state index in [-0.39, 0.29) is 41.3 Å². The van der Waals surface area contributed by atoms with E-state index in [9.17, 15) is 22.8 Å². The lowest BCUT2D eigenvalue weighted by Gasteiger charge is -2.39. The predicted octanol–water partition coefficient (Wildman–Crippen LogP) is 4.13. The molecule has 3 aromatic rings. The number of benzene rings is 2. The van der Waals surface area contributed by atoms with Crippen LogP contribution in [-0.2, 0) is 19.4 Å². The number of hydrogen-bond acceptors (Lipinski definition) is 9. The Bertz CT molecular complexity index is 1710. The molecule has 2 saturated heterocycles. The first-order chi connectivity index (χ1) is 22.1. The molecule has 6 rings (SSSR count). The number of furan rings is 1. The number of nitrogens with one attached hydrogen (secondary N) is 2. The molecule has 2 amide bonds. The molecule has 2 aromatic carbocycles. The van der Waals surface area contributed by atoms with Crippen molar-refractivity contribution >= 4 is 56.5 Å². The van der Waals surface area contributed by atoms with E-state index in [0.29, 0.717) is 49.4 Å². The Balaban J connectivity index is 0.00000433. The molecule has 3 aliphatic rings.